The molecule has 0 saturated carbocycles. The molecule has 2 aromatic heterocycles. The summed E-state index contributed by atoms with van der Waals surface area (Å²) >= 11 is 0. The maximum Gasteiger partial charge on any atom is 0.265 e. The van der Waals surface area contributed by atoms with E-state index in [4.69, 9.17) is 9.26 Å². The van der Waals surface area contributed by atoms with Crippen molar-refractivity contribution >= 4 is 15.7 Å². The summed E-state index contributed by atoms with van der Waals surface area (Å²) in [4.78, 5) is 8.48. The molecule has 9 heteroatoms. The van der Waals surface area contributed by atoms with Crippen molar-refractivity contribution in [3.8, 4) is 17.1 Å². The number of rotatable bonds is 7. The van der Waals surface area contributed by atoms with Crippen LogP contribution in [-0.4, -0.2) is 30.7 Å². The summed E-state index contributed by atoms with van der Waals surface area (Å²) in [6.45, 7) is 0. The fraction of sp³-hybridized carbons (Fsp3) is 0.0952. The third kappa shape index (κ3) is 4.15. The van der Waals surface area contributed by atoms with Crippen molar-refractivity contribution < 1.29 is 17.7 Å². The second-order valence-corrected chi connectivity index (χ2v) is 7.99. The molecule has 152 valence electrons. The van der Waals surface area contributed by atoms with Gasteiger partial charge in [-0.1, -0.05) is 35.5 Å². The van der Waals surface area contributed by atoms with Crippen molar-refractivity contribution in [1.29, 1.82) is 0 Å². The topological polar surface area (TPSA) is 107 Å². The van der Waals surface area contributed by atoms with Crippen LogP contribution in [0, 0.1) is 0 Å². The predicted octanol–water partition coefficient (Wildman–Crippen LogP) is 3.53. The van der Waals surface area contributed by atoms with Gasteiger partial charge in [0.05, 0.1) is 19.2 Å². The summed E-state index contributed by atoms with van der Waals surface area (Å²) in [5.74, 6) is 1.04. The summed E-state index contributed by atoms with van der Waals surface area (Å²) in [5.41, 5.74) is 1.85. The van der Waals surface area contributed by atoms with Crippen LogP contribution in [-0.2, 0) is 16.4 Å². The van der Waals surface area contributed by atoms with E-state index in [-0.39, 0.29) is 17.1 Å². The van der Waals surface area contributed by atoms with Gasteiger partial charge in [0.1, 0.15) is 10.6 Å². The van der Waals surface area contributed by atoms with E-state index in [1.165, 1.54) is 13.2 Å². The molecule has 0 aliphatic carbocycles. The molecule has 0 unspecified atom stereocenters. The number of aromatic nitrogens is 3. The maximum absolute atomic E-state index is 12.9. The van der Waals surface area contributed by atoms with Gasteiger partial charge in [0.15, 0.2) is 0 Å². The molecule has 2 aromatic carbocycles. The highest BCUT2D eigenvalue weighted by Crippen LogP contribution is 2.27. The Hall–Kier alpha value is -3.72. The highest BCUT2D eigenvalue weighted by atomic mass is 32.2. The average molecular weight is 422 g/mol. The minimum absolute atomic E-state index is 0.0546. The molecule has 2 heterocycles. The van der Waals surface area contributed by atoms with Crippen molar-refractivity contribution in [3.63, 3.8) is 0 Å². The van der Waals surface area contributed by atoms with Crippen molar-refractivity contribution in [2.45, 2.75) is 11.3 Å². The van der Waals surface area contributed by atoms with Gasteiger partial charge in [0.2, 0.25) is 11.7 Å². The van der Waals surface area contributed by atoms with E-state index in [1.807, 2.05) is 12.1 Å². The highest BCUT2D eigenvalue weighted by molar-refractivity contribution is 7.92. The summed E-state index contributed by atoms with van der Waals surface area (Å²) < 4.78 is 39.0. The average Bonchev–Trinajstić information content (AvgIpc) is 3.24. The maximum atomic E-state index is 12.9. The molecule has 0 radical (unpaired) electrons. The lowest BCUT2D eigenvalue weighted by molar-refractivity contribution is 0.386. The van der Waals surface area contributed by atoms with Crippen LogP contribution in [0.4, 0.5) is 5.69 Å². The van der Waals surface area contributed by atoms with Crippen LogP contribution in [0.2, 0.25) is 0 Å². The third-order valence-electron chi connectivity index (χ3n) is 4.35. The van der Waals surface area contributed by atoms with Crippen molar-refractivity contribution in [2.75, 3.05) is 11.8 Å². The quantitative estimate of drug-likeness (QED) is 0.485. The number of methoxy groups -OCH3 is 1. The van der Waals surface area contributed by atoms with Crippen LogP contribution in [0.3, 0.4) is 0 Å². The molecule has 0 fully saturated rings. The van der Waals surface area contributed by atoms with E-state index in [0.717, 1.165) is 5.56 Å². The van der Waals surface area contributed by atoms with Gasteiger partial charge < -0.3 is 9.26 Å². The molecule has 4 aromatic rings. The van der Waals surface area contributed by atoms with Gasteiger partial charge in [-0.3, -0.25) is 9.71 Å². The van der Waals surface area contributed by atoms with Crippen LogP contribution in [0.1, 0.15) is 11.5 Å². The molecule has 0 atom stereocenters. The smallest absolute Gasteiger partial charge is 0.265 e. The van der Waals surface area contributed by atoms with Crippen LogP contribution in [0.5, 0.6) is 5.75 Å². The van der Waals surface area contributed by atoms with Gasteiger partial charge in [-0.05, 0) is 35.9 Å². The molecule has 4 rings (SSSR count). The predicted molar refractivity (Wildman–Crippen MR) is 111 cm³/mol. The Bertz CT molecular complexity index is 1260. The number of hydrogen-bond donors (Lipinski definition) is 1. The van der Waals surface area contributed by atoms with Crippen molar-refractivity contribution in [3.05, 3.63) is 84.5 Å². The van der Waals surface area contributed by atoms with Crippen LogP contribution in [0.15, 0.2) is 82.5 Å². The number of nitrogens with one attached hydrogen (secondary N) is 1. The molecule has 0 bridgehead atoms. The number of pyridine rings is 1. The van der Waals surface area contributed by atoms with Gasteiger partial charge in [-0.15, -0.1) is 0 Å². The van der Waals surface area contributed by atoms with Crippen molar-refractivity contribution in [2.24, 2.45) is 0 Å². The first kappa shape index (κ1) is 19.6. The van der Waals surface area contributed by atoms with E-state index < -0.39 is 10.0 Å². The molecule has 8 nitrogen and oxygen atoms in total. The summed E-state index contributed by atoms with van der Waals surface area (Å²) in [6, 6.07) is 17.1. The first-order chi connectivity index (χ1) is 14.6. The molecule has 0 aliphatic rings. The Morgan fingerprint density at radius 3 is 2.63 bits per heavy atom. The monoisotopic (exact) mass is 422 g/mol. The van der Waals surface area contributed by atoms with Crippen LogP contribution in [0.25, 0.3) is 11.4 Å². The van der Waals surface area contributed by atoms with Gasteiger partial charge in [0.25, 0.3) is 10.0 Å². The molecular weight excluding hydrogens is 404 g/mol. The number of ether oxygens (including phenoxy) is 1. The fourth-order valence-corrected chi connectivity index (χ4v) is 4.19. The standard InChI is InChI=1S/C21H18N4O4S/c1-28-18-10-4-5-11-19(18)30(26,27)25-17-9-3-2-7-15(17)13-20-23-21(24-29-20)16-8-6-12-22-14-16/h2-12,14,25H,13H2,1H3. The summed E-state index contributed by atoms with van der Waals surface area (Å²) in [7, 11) is -2.43. The molecule has 30 heavy (non-hydrogen) atoms. The Kier molecular flexibility index (Phi) is 5.44. The molecule has 0 amide bonds. The number of hydrogen-bond acceptors (Lipinski definition) is 7. The molecule has 0 aliphatic heterocycles. The van der Waals surface area contributed by atoms with Gasteiger partial charge >= 0.3 is 0 Å². The zero-order chi connectivity index (χ0) is 21.0. The SMILES string of the molecule is COc1ccccc1S(=O)(=O)Nc1ccccc1Cc1nc(-c2cccnc2)no1. The fourth-order valence-electron chi connectivity index (χ4n) is 2.92. The first-order valence-corrected chi connectivity index (χ1v) is 10.5. The van der Waals surface area contributed by atoms with Gasteiger partial charge in [-0.25, -0.2) is 8.42 Å². The van der Waals surface area contributed by atoms with Crippen molar-refractivity contribution in [1.82, 2.24) is 15.1 Å². The molecule has 1 N–H and O–H groups in total. The first-order valence-electron chi connectivity index (χ1n) is 9.03. The molecular formula is C21H18N4O4S. The third-order valence-corrected chi connectivity index (χ3v) is 5.75. The van der Waals surface area contributed by atoms with E-state index in [0.29, 0.717) is 23.0 Å². The Morgan fingerprint density at radius 2 is 1.83 bits per heavy atom. The number of para-hydroxylation sites is 2. The lowest BCUT2D eigenvalue weighted by Crippen LogP contribution is -2.15. The Labute approximate surface area is 173 Å². The Balaban J connectivity index is 1.60. The Morgan fingerprint density at radius 1 is 1.03 bits per heavy atom. The summed E-state index contributed by atoms with van der Waals surface area (Å²) in [5, 5.41) is 3.98. The van der Waals surface area contributed by atoms with Gasteiger partial charge in [-0.2, -0.15) is 4.98 Å². The van der Waals surface area contributed by atoms with Gasteiger partial charge in [0, 0.05) is 18.0 Å². The summed E-state index contributed by atoms with van der Waals surface area (Å²) in [6.07, 6.45) is 3.57. The normalized spacial score (nSPS) is 11.2. The number of anilines is 1. The zero-order valence-corrected chi connectivity index (χ0v) is 16.8. The van der Waals surface area contributed by atoms with E-state index in [2.05, 4.69) is 19.8 Å². The number of nitrogens with zero attached hydrogens (tertiary/aromatic N) is 3. The lowest BCUT2D eigenvalue weighted by Gasteiger charge is -2.13. The second kappa shape index (κ2) is 8.34. The van der Waals surface area contributed by atoms with Crippen LogP contribution >= 0.6 is 0 Å². The van der Waals surface area contributed by atoms with Crippen LogP contribution < -0.4 is 9.46 Å². The highest BCUT2D eigenvalue weighted by Gasteiger charge is 2.21. The number of sulfonamides is 1. The number of benzene rings is 2. The van der Waals surface area contributed by atoms with E-state index in [9.17, 15) is 8.42 Å². The lowest BCUT2D eigenvalue weighted by atomic mass is 10.1. The minimum Gasteiger partial charge on any atom is -0.495 e. The zero-order valence-electron chi connectivity index (χ0n) is 16.0. The second-order valence-electron chi connectivity index (χ2n) is 6.34. The van der Waals surface area contributed by atoms with E-state index >= 15 is 0 Å². The molecule has 0 saturated heterocycles. The van der Waals surface area contributed by atoms with E-state index in [1.54, 1.807) is 54.9 Å². The molecule has 0 spiro atoms. The largest absolute Gasteiger partial charge is 0.495 e. The minimum atomic E-state index is -3.86.